The van der Waals surface area contributed by atoms with Gasteiger partial charge in [-0.15, -0.1) is 0 Å². The Hall–Kier alpha value is -1.02. The van der Waals surface area contributed by atoms with Gasteiger partial charge in [-0.25, -0.2) is 0 Å². The van der Waals surface area contributed by atoms with Gasteiger partial charge in [-0.3, -0.25) is 0 Å². The molecule has 0 saturated carbocycles. The van der Waals surface area contributed by atoms with E-state index in [1.165, 1.54) is 49.7 Å². The summed E-state index contributed by atoms with van der Waals surface area (Å²) in [5.74, 6) is 1.76. The molecule has 0 radical (unpaired) electrons. The minimum atomic E-state index is 0.647. The topological polar surface area (TPSA) is 21.3 Å². The average molecular weight is 245 g/mol. The van der Waals surface area contributed by atoms with Crippen LogP contribution in [0.1, 0.15) is 48.3 Å². The maximum atomic E-state index is 5.64. The van der Waals surface area contributed by atoms with E-state index in [0.717, 1.165) is 18.8 Å². The van der Waals surface area contributed by atoms with Crippen LogP contribution in [-0.2, 0) is 12.8 Å². The number of methoxy groups -OCH3 is 1. The van der Waals surface area contributed by atoms with Crippen LogP contribution in [0.15, 0.2) is 12.1 Å². The van der Waals surface area contributed by atoms with Gasteiger partial charge >= 0.3 is 0 Å². The highest BCUT2D eigenvalue weighted by Gasteiger charge is 2.22. The molecule has 1 aliphatic carbocycles. The van der Waals surface area contributed by atoms with Crippen molar-refractivity contribution in [1.29, 1.82) is 0 Å². The minimum Gasteiger partial charge on any atom is -0.496 e. The van der Waals surface area contributed by atoms with Crippen molar-refractivity contribution in [1.82, 2.24) is 5.32 Å². The highest BCUT2D eigenvalue weighted by atomic mass is 16.5. The van der Waals surface area contributed by atoms with Crippen molar-refractivity contribution in [3.63, 3.8) is 0 Å². The Labute approximate surface area is 110 Å². The third-order valence-corrected chi connectivity index (χ3v) is 4.44. The SMILES string of the molecule is COc1cc2c(cc1C1CCNC1)CCCCC2. The largest absolute Gasteiger partial charge is 0.496 e. The summed E-state index contributed by atoms with van der Waals surface area (Å²) in [6, 6.07) is 4.76. The van der Waals surface area contributed by atoms with Gasteiger partial charge in [-0.2, -0.15) is 0 Å². The summed E-state index contributed by atoms with van der Waals surface area (Å²) in [6.07, 6.45) is 7.79. The number of fused-ring (bicyclic) bond motifs is 1. The highest BCUT2D eigenvalue weighted by Crippen LogP contribution is 2.35. The molecular formula is C16H23NO. The predicted molar refractivity (Wildman–Crippen MR) is 74.5 cm³/mol. The van der Waals surface area contributed by atoms with Gasteiger partial charge in [0, 0.05) is 12.5 Å². The van der Waals surface area contributed by atoms with Crippen LogP contribution < -0.4 is 10.1 Å². The lowest BCUT2D eigenvalue weighted by Crippen LogP contribution is -2.09. The molecule has 2 aliphatic rings. The number of rotatable bonds is 2. The van der Waals surface area contributed by atoms with Gasteiger partial charge in [0.15, 0.2) is 0 Å². The standard InChI is InChI=1S/C16H23NO/c1-18-16-10-13-6-4-2-3-5-12(13)9-15(16)14-7-8-17-11-14/h9-10,14,17H,2-8,11H2,1H3. The second kappa shape index (κ2) is 5.31. The first kappa shape index (κ1) is 12.0. The second-order valence-electron chi connectivity index (χ2n) is 5.61. The normalized spacial score (nSPS) is 23.5. The smallest absolute Gasteiger partial charge is 0.122 e. The Balaban J connectivity index is 1.99. The summed E-state index contributed by atoms with van der Waals surface area (Å²) in [4.78, 5) is 0. The van der Waals surface area contributed by atoms with Crippen molar-refractivity contribution in [2.45, 2.75) is 44.4 Å². The fourth-order valence-electron chi connectivity index (χ4n) is 3.37. The van der Waals surface area contributed by atoms with Crippen molar-refractivity contribution in [2.75, 3.05) is 20.2 Å². The number of nitrogens with one attached hydrogen (secondary N) is 1. The fourth-order valence-corrected chi connectivity index (χ4v) is 3.37. The maximum absolute atomic E-state index is 5.64. The Morgan fingerprint density at radius 3 is 2.56 bits per heavy atom. The summed E-state index contributed by atoms with van der Waals surface area (Å²) in [6.45, 7) is 2.25. The molecule has 98 valence electrons. The number of benzene rings is 1. The van der Waals surface area contributed by atoms with E-state index in [-0.39, 0.29) is 0 Å². The van der Waals surface area contributed by atoms with Gasteiger partial charge in [-0.05, 0) is 61.4 Å². The fraction of sp³-hybridized carbons (Fsp3) is 0.625. The van der Waals surface area contributed by atoms with Crippen LogP contribution in [0, 0.1) is 0 Å². The van der Waals surface area contributed by atoms with Gasteiger partial charge in [0.05, 0.1) is 7.11 Å². The summed E-state index contributed by atoms with van der Waals surface area (Å²) in [5, 5.41) is 3.46. The molecule has 1 aliphatic heterocycles. The van der Waals surface area contributed by atoms with Crippen LogP contribution in [0.3, 0.4) is 0 Å². The lowest BCUT2D eigenvalue weighted by Gasteiger charge is -2.18. The summed E-state index contributed by atoms with van der Waals surface area (Å²) in [7, 11) is 1.81. The van der Waals surface area contributed by atoms with E-state index in [1.807, 2.05) is 7.11 Å². The van der Waals surface area contributed by atoms with Crippen LogP contribution in [0.5, 0.6) is 5.75 Å². The highest BCUT2D eigenvalue weighted by molar-refractivity contribution is 5.45. The van der Waals surface area contributed by atoms with Gasteiger partial charge in [0.1, 0.15) is 5.75 Å². The molecule has 1 heterocycles. The molecule has 1 unspecified atom stereocenters. The Bertz CT molecular complexity index is 421. The molecule has 2 nitrogen and oxygen atoms in total. The lowest BCUT2D eigenvalue weighted by atomic mass is 9.91. The molecule has 1 atom stereocenters. The van der Waals surface area contributed by atoms with Crippen LogP contribution in [-0.4, -0.2) is 20.2 Å². The van der Waals surface area contributed by atoms with Gasteiger partial charge < -0.3 is 10.1 Å². The Morgan fingerprint density at radius 2 is 1.89 bits per heavy atom. The first-order chi connectivity index (χ1) is 8.88. The molecule has 1 aromatic rings. The number of aryl methyl sites for hydroxylation is 2. The lowest BCUT2D eigenvalue weighted by molar-refractivity contribution is 0.405. The van der Waals surface area contributed by atoms with Crippen molar-refractivity contribution in [3.8, 4) is 5.75 Å². The maximum Gasteiger partial charge on any atom is 0.122 e. The van der Waals surface area contributed by atoms with Crippen molar-refractivity contribution in [2.24, 2.45) is 0 Å². The van der Waals surface area contributed by atoms with Crippen molar-refractivity contribution < 1.29 is 4.74 Å². The van der Waals surface area contributed by atoms with E-state index in [9.17, 15) is 0 Å². The van der Waals surface area contributed by atoms with E-state index >= 15 is 0 Å². The molecule has 2 heteroatoms. The van der Waals surface area contributed by atoms with E-state index in [1.54, 1.807) is 5.56 Å². The number of hydrogen-bond acceptors (Lipinski definition) is 2. The molecular weight excluding hydrogens is 222 g/mol. The van der Waals surface area contributed by atoms with Gasteiger partial charge in [0.25, 0.3) is 0 Å². The molecule has 1 fully saturated rings. The molecule has 0 aromatic heterocycles. The molecule has 1 N–H and O–H groups in total. The zero-order chi connectivity index (χ0) is 12.4. The van der Waals surface area contributed by atoms with Crippen LogP contribution in [0.4, 0.5) is 0 Å². The Morgan fingerprint density at radius 1 is 1.11 bits per heavy atom. The second-order valence-corrected chi connectivity index (χ2v) is 5.61. The molecule has 0 bridgehead atoms. The quantitative estimate of drug-likeness (QED) is 0.809. The van der Waals surface area contributed by atoms with Gasteiger partial charge in [-0.1, -0.05) is 12.5 Å². The van der Waals surface area contributed by atoms with Crippen LogP contribution in [0.25, 0.3) is 0 Å². The minimum absolute atomic E-state index is 0.647. The first-order valence-electron chi connectivity index (χ1n) is 7.29. The first-order valence-corrected chi connectivity index (χ1v) is 7.29. The van der Waals surface area contributed by atoms with E-state index in [4.69, 9.17) is 4.74 Å². The van der Waals surface area contributed by atoms with Gasteiger partial charge in [0.2, 0.25) is 0 Å². The zero-order valence-corrected chi connectivity index (χ0v) is 11.3. The number of hydrogen-bond donors (Lipinski definition) is 1. The Kier molecular flexibility index (Phi) is 3.55. The summed E-state index contributed by atoms with van der Waals surface area (Å²) in [5.41, 5.74) is 4.54. The van der Waals surface area contributed by atoms with Crippen molar-refractivity contribution in [3.05, 3.63) is 28.8 Å². The molecule has 1 saturated heterocycles. The number of ether oxygens (including phenoxy) is 1. The van der Waals surface area contributed by atoms with Crippen molar-refractivity contribution >= 4 is 0 Å². The third-order valence-electron chi connectivity index (χ3n) is 4.44. The summed E-state index contributed by atoms with van der Waals surface area (Å²) < 4.78 is 5.64. The molecule has 1 aromatic carbocycles. The van der Waals surface area contributed by atoms with Crippen LogP contribution >= 0.6 is 0 Å². The van der Waals surface area contributed by atoms with E-state index in [0.29, 0.717) is 5.92 Å². The molecule has 0 spiro atoms. The molecule has 0 amide bonds. The van der Waals surface area contributed by atoms with Crippen LogP contribution in [0.2, 0.25) is 0 Å². The van der Waals surface area contributed by atoms with E-state index < -0.39 is 0 Å². The average Bonchev–Trinajstić information content (AvgIpc) is 2.83. The zero-order valence-electron chi connectivity index (χ0n) is 11.3. The monoisotopic (exact) mass is 245 g/mol. The predicted octanol–water partition coefficient (Wildman–Crippen LogP) is 3.04. The summed E-state index contributed by atoms with van der Waals surface area (Å²) >= 11 is 0. The van der Waals surface area contributed by atoms with E-state index in [2.05, 4.69) is 17.4 Å². The molecule has 3 rings (SSSR count). The molecule has 18 heavy (non-hydrogen) atoms. The third kappa shape index (κ3) is 2.26.